The molecule has 0 atom stereocenters. The highest BCUT2D eigenvalue weighted by atomic mass is 16.2. The second-order valence-electron chi connectivity index (χ2n) is 6.00. The molecular formula is C19H18N6O. The maximum absolute atomic E-state index is 9.02. The van der Waals surface area contributed by atoms with Gasteiger partial charge in [0.05, 0.1) is 16.7 Å². The first-order valence-electron chi connectivity index (χ1n) is 8.33. The standard InChI is InChI=1S/C19H18N6O/c1-13-2-6-18(24-23-13)22-15-4-5-16-17(10-15)25(12-21-16)19-7-3-14(8-9-26)11-20-19/h2-7,10-12,26H,8-9H2,1H3,(H,22,24). The summed E-state index contributed by atoms with van der Waals surface area (Å²) in [6, 6.07) is 13.6. The highest BCUT2D eigenvalue weighted by molar-refractivity contribution is 5.82. The van der Waals surface area contributed by atoms with Crippen LogP contribution in [0.4, 0.5) is 11.5 Å². The van der Waals surface area contributed by atoms with Crippen LogP contribution in [0.3, 0.4) is 0 Å². The monoisotopic (exact) mass is 346 g/mol. The molecule has 26 heavy (non-hydrogen) atoms. The number of aliphatic hydroxyl groups is 1. The van der Waals surface area contributed by atoms with Crippen LogP contribution in [0.15, 0.2) is 55.0 Å². The van der Waals surface area contributed by atoms with Crippen molar-refractivity contribution in [2.24, 2.45) is 0 Å². The highest BCUT2D eigenvalue weighted by Crippen LogP contribution is 2.23. The lowest BCUT2D eigenvalue weighted by atomic mass is 10.2. The van der Waals surface area contributed by atoms with Gasteiger partial charge in [-0.1, -0.05) is 6.07 Å². The van der Waals surface area contributed by atoms with Crippen LogP contribution in [-0.4, -0.2) is 36.4 Å². The first kappa shape index (κ1) is 16.2. The Balaban J connectivity index is 1.66. The molecule has 3 heterocycles. The second kappa shape index (κ2) is 6.89. The van der Waals surface area contributed by atoms with Crippen molar-refractivity contribution in [1.29, 1.82) is 0 Å². The van der Waals surface area contributed by atoms with Crippen molar-refractivity contribution >= 4 is 22.5 Å². The molecule has 130 valence electrons. The van der Waals surface area contributed by atoms with E-state index in [4.69, 9.17) is 5.11 Å². The summed E-state index contributed by atoms with van der Waals surface area (Å²) in [5.74, 6) is 1.47. The molecule has 0 unspecified atom stereocenters. The van der Waals surface area contributed by atoms with Crippen LogP contribution < -0.4 is 5.32 Å². The molecule has 0 aliphatic rings. The maximum Gasteiger partial charge on any atom is 0.153 e. The molecule has 7 nitrogen and oxygen atoms in total. The van der Waals surface area contributed by atoms with E-state index in [2.05, 4.69) is 25.5 Å². The number of benzene rings is 1. The minimum absolute atomic E-state index is 0.117. The fourth-order valence-electron chi connectivity index (χ4n) is 2.72. The summed E-state index contributed by atoms with van der Waals surface area (Å²) in [7, 11) is 0. The summed E-state index contributed by atoms with van der Waals surface area (Å²) in [5, 5.41) is 20.5. The molecule has 4 aromatic rings. The first-order chi connectivity index (χ1) is 12.7. The van der Waals surface area contributed by atoms with Crippen molar-refractivity contribution in [2.75, 3.05) is 11.9 Å². The lowest BCUT2D eigenvalue weighted by molar-refractivity contribution is 0.299. The van der Waals surface area contributed by atoms with Crippen LogP contribution in [0.1, 0.15) is 11.3 Å². The number of hydrogen-bond acceptors (Lipinski definition) is 6. The number of fused-ring (bicyclic) bond motifs is 1. The van der Waals surface area contributed by atoms with Crippen molar-refractivity contribution < 1.29 is 5.11 Å². The molecule has 0 bridgehead atoms. The molecule has 1 aromatic carbocycles. The van der Waals surface area contributed by atoms with Crippen LogP contribution >= 0.6 is 0 Å². The quantitative estimate of drug-likeness (QED) is 0.578. The fraction of sp³-hybridized carbons (Fsp3) is 0.158. The molecule has 7 heteroatoms. The van der Waals surface area contributed by atoms with E-state index < -0.39 is 0 Å². The Hall–Kier alpha value is -3.32. The molecule has 0 fully saturated rings. The van der Waals surface area contributed by atoms with E-state index >= 15 is 0 Å². The number of hydrogen-bond donors (Lipinski definition) is 2. The Bertz CT molecular complexity index is 1020. The molecule has 0 radical (unpaired) electrons. The Labute approximate surface area is 150 Å². The maximum atomic E-state index is 9.02. The minimum atomic E-state index is 0.117. The van der Waals surface area contributed by atoms with Gasteiger partial charge >= 0.3 is 0 Å². The number of nitrogens with zero attached hydrogens (tertiary/aromatic N) is 5. The summed E-state index contributed by atoms with van der Waals surface area (Å²) >= 11 is 0. The van der Waals surface area contributed by atoms with Crippen LogP contribution in [0.2, 0.25) is 0 Å². The van der Waals surface area contributed by atoms with E-state index in [1.165, 1.54) is 0 Å². The third kappa shape index (κ3) is 3.25. The SMILES string of the molecule is Cc1ccc(Nc2ccc3ncn(-c4ccc(CCO)cn4)c3c2)nn1. The van der Waals surface area contributed by atoms with Gasteiger partial charge in [-0.3, -0.25) is 4.57 Å². The Kier molecular flexibility index (Phi) is 4.28. The summed E-state index contributed by atoms with van der Waals surface area (Å²) < 4.78 is 1.93. The molecular weight excluding hydrogens is 328 g/mol. The molecule has 0 aliphatic carbocycles. The second-order valence-corrected chi connectivity index (χ2v) is 6.00. The number of imidazole rings is 1. The number of aromatic nitrogens is 5. The Morgan fingerprint density at radius 3 is 2.69 bits per heavy atom. The van der Waals surface area contributed by atoms with E-state index in [0.717, 1.165) is 33.8 Å². The third-order valence-electron chi connectivity index (χ3n) is 4.07. The lowest BCUT2D eigenvalue weighted by Gasteiger charge is -2.07. The van der Waals surface area contributed by atoms with Gasteiger partial charge in [0.25, 0.3) is 0 Å². The molecule has 2 N–H and O–H groups in total. The molecule has 3 aromatic heterocycles. The largest absolute Gasteiger partial charge is 0.396 e. The number of nitrogens with one attached hydrogen (secondary N) is 1. The average Bonchev–Trinajstić information content (AvgIpc) is 3.08. The average molecular weight is 346 g/mol. The van der Waals surface area contributed by atoms with Gasteiger partial charge in [0, 0.05) is 18.5 Å². The van der Waals surface area contributed by atoms with Gasteiger partial charge in [-0.25, -0.2) is 9.97 Å². The zero-order valence-corrected chi connectivity index (χ0v) is 14.3. The lowest BCUT2D eigenvalue weighted by Crippen LogP contribution is -1.99. The van der Waals surface area contributed by atoms with Crippen LogP contribution in [0, 0.1) is 6.92 Å². The summed E-state index contributed by atoms with van der Waals surface area (Å²) in [4.78, 5) is 8.92. The van der Waals surface area contributed by atoms with E-state index in [0.29, 0.717) is 12.2 Å². The number of aryl methyl sites for hydroxylation is 1. The number of aliphatic hydroxyl groups excluding tert-OH is 1. The van der Waals surface area contributed by atoms with Crippen molar-refractivity contribution in [3.05, 3.63) is 66.2 Å². The van der Waals surface area contributed by atoms with Crippen LogP contribution in [0.25, 0.3) is 16.9 Å². The smallest absolute Gasteiger partial charge is 0.153 e. The van der Waals surface area contributed by atoms with Crippen molar-refractivity contribution in [3.63, 3.8) is 0 Å². The molecule has 0 aliphatic heterocycles. The van der Waals surface area contributed by atoms with E-state index in [9.17, 15) is 0 Å². The van der Waals surface area contributed by atoms with Gasteiger partial charge in [-0.05, 0) is 55.3 Å². The van der Waals surface area contributed by atoms with Gasteiger partial charge in [-0.15, -0.1) is 5.10 Å². The zero-order chi connectivity index (χ0) is 17.9. The summed E-state index contributed by atoms with van der Waals surface area (Å²) in [6.45, 7) is 2.02. The van der Waals surface area contributed by atoms with Gasteiger partial charge in [0.1, 0.15) is 12.1 Å². The molecule has 0 amide bonds. The number of pyridine rings is 1. The predicted octanol–water partition coefficient (Wildman–Crippen LogP) is 2.80. The summed E-state index contributed by atoms with van der Waals surface area (Å²) in [5.41, 5.74) is 4.60. The van der Waals surface area contributed by atoms with Crippen molar-refractivity contribution in [2.45, 2.75) is 13.3 Å². The van der Waals surface area contributed by atoms with Gasteiger partial charge < -0.3 is 10.4 Å². The molecule has 0 saturated heterocycles. The summed E-state index contributed by atoms with van der Waals surface area (Å²) in [6.07, 6.45) is 4.14. The Morgan fingerprint density at radius 1 is 1.04 bits per heavy atom. The van der Waals surface area contributed by atoms with Crippen molar-refractivity contribution in [1.82, 2.24) is 24.7 Å². The molecule has 0 spiro atoms. The van der Waals surface area contributed by atoms with E-state index in [1.54, 1.807) is 12.5 Å². The van der Waals surface area contributed by atoms with Gasteiger partial charge in [0.2, 0.25) is 0 Å². The number of rotatable bonds is 5. The molecule has 4 rings (SSSR count). The highest BCUT2D eigenvalue weighted by Gasteiger charge is 2.08. The van der Waals surface area contributed by atoms with Crippen molar-refractivity contribution in [3.8, 4) is 5.82 Å². The third-order valence-corrected chi connectivity index (χ3v) is 4.07. The van der Waals surface area contributed by atoms with Gasteiger partial charge in [-0.2, -0.15) is 5.10 Å². The Morgan fingerprint density at radius 2 is 1.96 bits per heavy atom. The van der Waals surface area contributed by atoms with Crippen LogP contribution in [-0.2, 0) is 6.42 Å². The normalized spacial score (nSPS) is 11.0. The van der Waals surface area contributed by atoms with E-state index in [-0.39, 0.29) is 6.61 Å². The zero-order valence-electron chi connectivity index (χ0n) is 14.3. The fourth-order valence-corrected chi connectivity index (χ4v) is 2.72. The topological polar surface area (TPSA) is 88.8 Å². The first-order valence-corrected chi connectivity index (χ1v) is 8.33. The minimum Gasteiger partial charge on any atom is -0.396 e. The van der Waals surface area contributed by atoms with Gasteiger partial charge in [0.15, 0.2) is 5.82 Å². The molecule has 0 saturated carbocycles. The van der Waals surface area contributed by atoms with Crippen LogP contribution in [0.5, 0.6) is 0 Å². The predicted molar refractivity (Wildman–Crippen MR) is 99.7 cm³/mol. The number of anilines is 2. The van der Waals surface area contributed by atoms with E-state index in [1.807, 2.05) is 54.0 Å².